The molecule has 13 heteroatoms. The van der Waals surface area contributed by atoms with Crippen molar-refractivity contribution in [3.63, 3.8) is 0 Å². The lowest BCUT2D eigenvalue weighted by atomic mass is 10.0. The molecule has 11 nitrogen and oxygen atoms in total. The Morgan fingerprint density at radius 2 is 2.00 bits per heavy atom. The number of carbonyl (C=O) groups is 3. The maximum atomic E-state index is 14.4. The van der Waals surface area contributed by atoms with Crippen LogP contribution < -0.4 is 16.4 Å². The highest BCUT2D eigenvalue weighted by atomic mass is 19.1. The summed E-state index contributed by atoms with van der Waals surface area (Å²) in [4.78, 5) is 39.4. The van der Waals surface area contributed by atoms with Crippen LogP contribution in [0.4, 0.5) is 8.78 Å². The molecule has 4 atom stereocenters. The lowest BCUT2D eigenvalue weighted by molar-refractivity contribution is -0.139. The summed E-state index contributed by atoms with van der Waals surface area (Å²) in [5, 5.41) is 17.9. The molecule has 37 heavy (non-hydrogen) atoms. The minimum atomic E-state index is -1.39. The number of hydrogen-bond donors (Lipinski definition) is 3. The van der Waals surface area contributed by atoms with E-state index in [9.17, 15) is 23.2 Å². The molecule has 194 valence electrons. The van der Waals surface area contributed by atoms with E-state index in [0.29, 0.717) is 17.4 Å². The van der Waals surface area contributed by atoms with Gasteiger partial charge in [-0.3, -0.25) is 19.1 Å². The molecule has 4 heterocycles. The molecule has 2 aromatic heterocycles. The zero-order chi connectivity index (χ0) is 26.1. The first kappa shape index (κ1) is 24.7. The number of fused-ring (bicyclic) bond motifs is 1. The fourth-order valence-corrected chi connectivity index (χ4v) is 4.90. The van der Waals surface area contributed by atoms with E-state index in [1.165, 1.54) is 10.9 Å². The summed E-state index contributed by atoms with van der Waals surface area (Å²) in [6, 6.07) is 5.14. The Morgan fingerprint density at radius 1 is 1.16 bits per heavy atom. The molecule has 0 aliphatic carbocycles. The van der Waals surface area contributed by atoms with Crippen molar-refractivity contribution in [1.29, 1.82) is 0 Å². The summed E-state index contributed by atoms with van der Waals surface area (Å²) in [5.74, 6) is -1.92. The predicted octanol–water partition coefficient (Wildman–Crippen LogP) is 0.347. The van der Waals surface area contributed by atoms with Crippen molar-refractivity contribution in [2.75, 3.05) is 19.6 Å². The Labute approximate surface area is 210 Å². The minimum Gasteiger partial charge on any atom is -0.364 e. The number of carbonyl (C=O) groups excluding carboxylic acids is 3. The predicted molar refractivity (Wildman–Crippen MR) is 129 cm³/mol. The molecule has 3 aromatic rings. The van der Waals surface area contributed by atoms with Gasteiger partial charge in [-0.05, 0) is 36.7 Å². The highest BCUT2D eigenvalue weighted by Gasteiger charge is 2.41. The van der Waals surface area contributed by atoms with E-state index < -0.39 is 42.1 Å². The smallest absolute Gasteiger partial charge is 0.269 e. The molecule has 4 N–H and O–H groups in total. The lowest BCUT2D eigenvalue weighted by Gasteiger charge is -2.30. The fraction of sp³-hybridized carbons (Fsp3) is 0.417. The average Bonchev–Trinajstić information content (AvgIpc) is 3.46. The summed E-state index contributed by atoms with van der Waals surface area (Å²) in [6.07, 6.45) is 0.586. The second kappa shape index (κ2) is 10.2. The number of nitrogens with zero attached hydrogens (tertiary/aromatic N) is 5. The highest BCUT2D eigenvalue weighted by Crippen LogP contribution is 2.27. The highest BCUT2D eigenvalue weighted by molar-refractivity contribution is 6.05. The molecule has 3 amide bonds. The van der Waals surface area contributed by atoms with Crippen LogP contribution in [0.3, 0.4) is 0 Å². The molecule has 2 aliphatic heterocycles. The normalized spacial score (nSPS) is 23.8. The Bertz CT molecular complexity index is 1330. The first-order valence-corrected chi connectivity index (χ1v) is 12.0. The van der Waals surface area contributed by atoms with Gasteiger partial charge in [0.15, 0.2) is 5.69 Å². The molecule has 1 aromatic carbocycles. The number of primary amides is 1. The number of rotatable bonds is 6. The largest absolute Gasteiger partial charge is 0.364 e. The number of aromatic nitrogens is 4. The van der Waals surface area contributed by atoms with E-state index in [1.54, 1.807) is 30.5 Å². The van der Waals surface area contributed by atoms with Gasteiger partial charge in [-0.2, -0.15) is 15.3 Å². The number of halogens is 2. The fourth-order valence-electron chi connectivity index (χ4n) is 4.90. The summed E-state index contributed by atoms with van der Waals surface area (Å²) in [6.45, 7) is 0.173. The Hall–Kier alpha value is -4.00. The quantitative estimate of drug-likeness (QED) is 0.432. The number of nitrogens with one attached hydrogen (secondary N) is 2. The molecule has 0 spiro atoms. The van der Waals surface area contributed by atoms with Crippen LogP contribution in [0.5, 0.6) is 0 Å². The Balaban J connectivity index is 1.38. The molecule has 4 unspecified atom stereocenters. The first-order valence-electron chi connectivity index (χ1n) is 12.0. The van der Waals surface area contributed by atoms with Crippen LogP contribution in [0.25, 0.3) is 22.0 Å². The summed E-state index contributed by atoms with van der Waals surface area (Å²) in [5.41, 5.74) is 7.50. The van der Waals surface area contributed by atoms with Crippen molar-refractivity contribution in [3.05, 3.63) is 42.4 Å². The summed E-state index contributed by atoms with van der Waals surface area (Å²) < 4.78 is 29.9. The second-order valence-corrected chi connectivity index (χ2v) is 9.25. The third-order valence-corrected chi connectivity index (χ3v) is 6.78. The van der Waals surface area contributed by atoms with E-state index >= 15 is 0 Å². The van der Waals surface area contributed by atoms with Crippen LogP contribution in [-0.2, 0) is 16.1 Å². The molecule has 2 fully saturated rings. The van der Waals surface area contributed by atoms with Gasteiger partial charge in [-0.15, -0.1) is 0 Å². The number of alkyl halides is 2. The van der Waals surface area contributed by atoms with E-state index in [0.717, 1.165) is 16.0 Å². The monoisotopic (exact) mass is 512 g/mol. The van der Waals surface area contributed by atoms with Gasteiger partial charge in [0.05, 0.1) is 30.5 Å². The van der Waals surface area contributed by atoms with Gasteiger partial charge in [0, 0.05) is 23.9 Å². The standard InChI is InChI=1S/C24H26F2N8O3/c25-15-8-20(24(37)31-18-10-28-5-4-17(18)26)33(11-15)21(35)12-34-19-2-1-13(14-3-6-29-30-9-14)7-16(19)22(32-34)23(27)36/h1-3,6-7,9,15,17-18,20,28H,4-5,8,10-12H2,(H2,27,36)(H,31,37). The van der Waals surface area contributed by atoms with Crippen LogP contribution in [0, 0.1) is 0 Å². The second-order valence-electron chi connectivity index (χ2n) is 9.25. The maximum absolute atomic E-state index is 14.4. The maximum Gasteiger partial charge on any atom is 0.269 e. The van der Waals surface area contributed by atoms with Gasteiger partial charge < -0.3 is 21.3 Å². The zero-order valence-electron chi connectivity index (χ0n) is 19.8. The van der Waals surface area contributed by atoms with Crippen molar-refractivity contribution >= 4 is 28.6 Å². The van der Waals surface area contributed by atoms with Crippen LogP contribution in [0.1, 0.15) is 23.3 Å². The Kier molecular flexibility index (Phi) is 6.78. The van der Waals surface area contributed by atoms with Crippen molar-refractivity contribution in [2.24, 2.45) is 5.73 Å². The van der Waals surface area contributed by atoms with Gasteiger partial charge in [-0.25, -0.2) is 8.78 Å². The average molecular weight is 513 g/mol. The third kappa shape index (κ3) is 4.99. The first-order chi connectivity index (χ1) is 17.8. The Morgan fingerprint density at radius 3 is 2.73 bits per heavy atom. The molecule has 2 aliphatic rings. The van der Waals surface area contributed by atoms with Gasteiger partial charge in [0.25, 0.3) is 5.91 Å². The molecule has 0 saturated carbocycles. The summed E-state index contributed by atoms with van der Waals surface area (Å²) in [7, 11) is 0. The number of benzene rings is 1. The van der Waals surface area contributed by atoms with Crippen molar-refractivity contribution in [3.8, 4) is 11.1 Å². The SMILES string of the molecule is NC(=O)c1nn(CC(=O)N2CC(F)CC2C(=O)NC2CNCCC2F)c2ccc(-c3ccnnc3)cc12. The summed E-state index contributed by atoms with van der Waals surface area (Å²) >= 11 is 0. The topological polar surface area (TPSA) is 148 Å². The molecule has 0 radical (unpaired) electrons. The van der Waals surface area contributed by atoms with E-state index in [1.807, 2.05) is 0 Å². The van der Waals surface area contributed by atoms with Gasteiger partial charge >= 0.3 is 0 Å². The van der Waals surface area contributed by atoms with Crippen LogP contribution in [0.2, 0.25) is 0 Å². The van der Waals surface area contributed by atoms with Crippen LogP contribution in [-0.4, -0.2) is 86.7 Å². The van der Waals surface area contributed by atoms with E-state index in [-0.39, 0.29) is 38.2 Å². The number of piperidine rings is 1. The zero-order valence-corrected chi connectivity index (χ0v) is 19.8. The minimum absolute atomic E-state index is 0.0236. The molecule has 5 rings (SSSR count). The van der Waals surface area contributed by atoms with Crippen LogP contribution >= 0.6 is 0 Å². The molecule has 0 bridgehead atoms. The molecular weight excluding hydrogens is 486 g/mol. The van der Waals surface area contributed by atoms with Gasteiger partial charge in [0.2, 0.25) is 11.8 Å². The van der Waals surface area contributed by atoms with Crippen molar-refractivity contribution in [1.82, 2.24) is 35.5 Å². The van der Waals surface area contributed by atoms with E-state index in [2.05, 4.69) is 25.9 Å². The number of likely N-dealkylation sites (tertiary alicyclic amines) is 1. The molecule has 2 saturated heterocycles. The number of nitrogens with two attached hydrogens (primary N) is 1. The third-order valence-electron chi connectivity index (χ3n) is 6.78. The van der Waals surface area contributed by atoms with Crippen molar-refractivity contribution in [2.45, 2.75) is 43.8 Å². The number of amides is 3. The van der Waals surface area contributed by atoms with Gasteiger partial charge in [0.1, 0.15) is 24.9 Å². The van der Waals surface area contributed by atoms with E-state index in [4.69, 9.17) is 5.73 Å². The van der Waals surface area contributed by atoms with Gasteiger partial charge in [-0.1, -0.05) is 6.07 Å². The molecular formula is C24H26F2N8O3. The van der Waals surface area contributed by atoms with Crippen molar-refractivity contribution < 1.29 is 23.2 Å². The lowest BCUT2D eigenvalue weighted by Crippen LogP contribution is -2.56. The van der Waals surface area contributed by atoms with Crippen LogP contribution in [0.15, 0.2) is 36.7 Å². The number of hydrogen-bond acceptors (Lipinski definition) is 7.